The first-order valence-electron chi connectivity index (χ1n) is 11.0. The molecule has 2 aromatic heterocycles. The Hall–Kier alpha value is -2.68. The minimum absolute atomic E-state index is 0.0526. The van der Waals surface area contributed by atoms with E-state index in [1.54, 1.807) is 25.3 Å². The highest BCUT2D eigenvalue weighted by Crippen LogP contribution is 2.58. The zero-order chi connectivity index (χ0) is 23.3. The van der Waals surface area contributed by atoms with Crippen LogP contribution in [0.2, 0.25) is 0 Å². The number of anilines is 3. The third kappa shape index (κ3) is 4.44. The Morgan fingerprint density at radius 2 is 2.00 bits per heavy atom. The minimum atomic E-state index is -3.20. The maximum Gasteiger partial charge on any atom is 0.303 e. The molecule has 1 aliphatic carbocycles. The molecule has 4 rings (SSSR count). The predicted molar refractivity (Wildman–Crippen MR) is 117 cm³/mol. The van der Waals surface area contributed by atoms with Gasteiger partial charge in [0.05, 0.1) is 11.3 Å². The van der Waals surface area contributed by atoms with E-state index in [1.807, 2.05) is 11.8 Å². The van der Waals surface area contributed by atoms with Gasteiger partial charge < -0.3 is 15.3 Å². The van der Waals surface area contributed by atoms with Gasteiger partial charge in [0.15, 0.2) is 0 Å². The summed E-state index contributed by atoms with van der Waals surface area (Å²) >= 11 is 0. The SMILES string of the molecule is CC[C@](C)(O)CCc1cc(N2CC3(CC3)c3cnc(NC(C)=O)cc32)nc(C(C)(F)F)n1. The number of hydrogen-bond acceptors (Lipinski definition) is 6. The summed E-state index contributed by atoms with van der Waals surface area (Å²) in [6.45, 7) is 6.43. The summed E-state index contributed by atoms with van der Waals surface area (Å²) in [6.07, 6.45) is 5.08. The van der Waals surface area contributed by atoms with Crippen LogP contribution in [-0.2, 0) is 22.6 Å². The third-order valence-electron chi connectivity index (χ3n) is 6.48. The smallest absolute Gasteiger partial charge is 0.303 e. The summed E-state index contributed by atoms with van der Waals surface area (Å²) in [4.78, 5) is 26.1. The highest BCUT2D eigenvalue weighted by Gasteiger charge is 2.52. The average Bonchev–Trinajstić information content (AvgIpc) is 3.42. The molecule has 0 unspecified atom stereocenters. The molecule has 1 spiro atoms. The van der Waals surface area contributed by atoms with Gasteiger partial charge in [-0.1, -0.05) is 6.92 Å². The first-order valence-corrected chi connectivity index (χ1v) is 11.0. The quantitative estimate of drug-likeness (QED) is 0.663. The van der Waals surface area contributed by atoms with Crippen LogP contribution in [0.15, 0.2) is 18.3 Å². The van der Waals surface area contributed by atoms with Crippen molar-refractivity contribution in [1.82, 2.24) is 15.0 Å². The lowest BCUT2D eigenvalue weighted by atomic mass is 9.96. The van der Waals surface area contributed by atoms with Gasteiger partial charge in [0.1, 0.15) is 11.6 Å². The second-order valence-corrected chi connectivity index (χ2v) is 9.41. The molecule has 0 saturated heterocycles. The number of aliphatic hydroxyl groups is 1. The number of pyridine rings is 1. The normalized spacial score (nSPS) is 18.4. The number of rotatable bonds is 7. The number of fused-ring (bicyclic) bond motifs is 2. The fourth-order valence-electron chi connectivity index (χ4n) is 4.10. The summed E-state index contributed by atoms with van der Waals surface area (Å²) in [6, 6.07) is 3.50. The van der Waals surface area contributed by atoms with Crippen molar-refractivity contribution < 1.29 is 18.7 Å². The van der Waals surface area contributed by atoms with Crippen LogP contribution in [0.25, 0.3) is 0 Å². The lowest BCUT2D eigenvalue weighted by Crippen LogP contribution is -2.25. The number of halogens is 2. The number of aryl methyl sites for hydroxylation is 1. The molecule has 2 aliphatic rings. The molecule has 2 aromatic rings. The molecule has 1 atom stereocenters. The highest BCUT2D eigenvalue weighted by molar-refractivity contribution is 5.89. The maximum atomic E-state index is 14.3. The van der Waals surface area contributed by atoms with Gasteiger partial charge in [-0.2, -0.15) is 8.78 Å². The number of carbonyl (C=O) groups excluding carboxylic acids is 1. The Bertz CT molecular complexity index is 1050. The maximum absolute atomic E-state index is 14.3. The molecule has 172 valence electrons. The number of aromatic nitrogens is 3. The second kappa shape index (κ2) is 7.72. The van der Waals surface area contributed by atoms with Gasteiger partial charge in [-0.05, 0) is 39.0 Å². The number of alkyl halides is 2. The fraction of sp³-hybridized carbons (Fsp3) is 0.565. The van der Waals surface area contributed by atoms with Crippen LogP contribution in [0.4, 0.5) is 26.1 Å². The molecule has 1 fully saturated rings. The standard InChI is InChI=1S/C23H29F2N5O2/c1-5-21(3,32)7-6-15-10-19(29-20(28-15)22(4,24)25)30-13-23(8-9-23)16-12-26-18(11-17(16)30)27-14(2)31/h10-12,32H,5-9,13H2,1-4H3,(H,26,27,31)/t21-/m0/s1. The average molecular weight is 446 g/mol. The van der Waals surface area contributed by atoms with Crippen molar-refractivity contribution in [2.24, 2.45) is 0 Å². The van der Waals surface area contributed by atoms with Gasteiger partial charge in [0.2, 0.25) is 11.7 Å². The summed E-state index contributed by atoms with van der Waals surface area (Å²) in [5.74, 6) is -3.16. The first kappa shape index (κ1) is 22.5. The Morgan fingerprint density at radius 3 is 2.59 bits per heavy atom. The predicted octanol–water partition coefficient (Wildman–Crippen LogP) is 4.22. The van der Waals surface area contributed by atoms with E-state index in [9.17, 15) is 18.7 Å². The van der Waals surface area contributed by atoms with Crippen molar-refractivity contribution in [3.8, 4) is 0 Å². The number of amides is 1. The second-order valence-electron chi connectivity index (χ2n) is 9.41. The van der Waals surface area contributed by atoms with E-state index >= 15 is 0 Å². The minimum Gasteiger partial charge on any atom is -0.390 e. The molecule has 1 aliphatic heterocycles. The van der Waals surface area contributed by atoms with E-state index < -0.39 is 17.3 Å². The Labute approximate surface area is 186 Å². The monoisotopic (exact) mass is 445 g/mol. The van der Waals surface area contributed by atoms with Gasteiger partial charge >= 0.3 is 5.92 Å². The summed E-state index contributed by atoms with van der Waals surface area (Å²) in [7, 11) is 0. The van der Waals surface area contributed by atoms with Crippen LogP contribution in [0.3, 0.4) is 0 Å². The topological polar surface area (TPSA) is 91.2 Å². The lowest BCUT2D eigenvalue weighted by Gasteiger charge is -2.23. The van der Waals surface area contributed by atoms with E-state index in [0.717, 1.165) is 31.0 Å². The summed E-state index contributed by atoms with van der Waals surface area (Å²) in [5, 5.41) is 13.0. The van der Waals surface area contributed by atoms with Crippen molar-refractivity contribution in [2.75, 3.05) is 16.8 Å². The van der Waals surface area contributed by atoms with E-state index in [1.165, 1.54) is 6.92 Å². The molecular formula is C23H29F2N5O2. The molecular weight excluding hydrogens is 416 g/mol. The van der Waals surface area contributed by atoms with E-state index in [2.05, 4.69) is 20.3 Å². The summed E-state index contributed by atoms with van der Waals surface area (Å²) in [5.41, 5.74) is 1.39. The van der Waals surface area contributed by atoms with Crippen LogP contribution < -0.4 is 10.2 Å². The highest BCUT2D eigenvalue weighted by atomic mass is 19.3. The van der Waals surface area contributed by atoms with Gasteiger partial charge in [0.25, 0.3) is 0 Å². The molecule has 0 bridgehead atoms. The van der Waals surface area contributed by atoms with Gasteiger partial charge in [-0.15, -0.1) is 0 Å². The first-order chi connectivity index (χ1) is 14.9. The van der Waals surface area contributed by atoms with Crippen molar-refractivity contribution in [2.45, 2.75) is 76.7 Å². The zero-order valence-electron chi connectivity index (χ0n) is 18.9. The fourth-order valence-corrected chi connectivity index (χ4v) is 4.10. The molecule has 7 nitrogen and oxygen atoms in total. The van der Waals surface area contributed by atoms with Gasteiger partial charge in [-0.25, -0.2) is 15.0 Å². The van der Waals surface area contributed by atoms with E-state index in [0.29, 0.717) is 43.1 Å². The van der Waals surface area contributed by atoms with Crippen LogP contribution >= 0.6 is 0 Å². The van der Waals surface area contributed by atoms with Crippen LogP contribution in [0, 0.1) is 0 Å². The molecule has 1 amide bonds. The largest absolute Gasteiger partial charge is 0.390 e. The Kier molecular flexibility index (Phi) is 5.43. The van der Waals surface area contributed by atoms with Crippen molar-refractivity contribution >= 4 is 23.2 Å². The molecule has 2 N–H and O–H groups in total. The molecule has 32 heavy (non-hydrogen) atoms. The van der Waals surface area contributed by atoms with Crippen LogP contribution in [0.5, 0.6) is 0 Å². The number of carbonyl (C=O) groups is 1. The molecule has 1 saturated carbocycles. The molecule has 9 heteroatoms. The molecule has 0 radical (unpaired) electrons. The van der Waals surface area contributed by atoms with Crippen LogP contribution in [-0.4, -0.2) is 38.1 Å². The van der Waals surface area contributed by atoms with Gasteiger partial charge in [0, 0.05) is 55.4 Å². The molecule has 0 aromatic carbocycles. The Balaban J connectivity index is 1.74. The van der Waals surface area contributed by atoms with E-state index in [4.69, 9.17) is 0 Å². The number of nitrogens with one attached hydrogen (secondary N) is 1. The number of hydrogen-bond donors (Lipinski definition) is 2. The van der Waals surface area contributed by atoms with Gasteiger partial charge in [-0.3, -0.25) is 4.79 Å². The number of nitrogens with zero attached hydrogens (tertiary/aromatic N) is 4. The van der Waals surface area contributed by atoms with Crippen LogP contribution in [0.1, 0.15) is 70.5 Å². The Morgan fingerprint density at radius 1 is 1.28 bits per heavy atom. The van der Waals surface area contributed by atoms with E-state index in [-0.39, 0.29) is 11.3 Å². The summed E-state index contributed by atoms with van der Waals surface area (Å²) < 4.78 is 28.5. The van der Waals surface area contributed by atoms with Crippen molar-refractivity contribution in [3.05, 3.63) is 35.4 Å². The zero-order valence-corrected chi connectivity index (χ0v) is 18.9. The third-order valence-corrected chi connectivity index (χ3v) is 6.48. The lowest BCUT2D eigenvalue weighted by molar-refractivity contribution is -0.114. The molecule has 3 heterocycles. The van der Waals surface area contributed by atoms with Crippen molar-refractivity contribution in [3.63, 3.8) is 0 Å². The van der Waals surface area contributed by atoms with Crippen molar-refractivity contribution in [1.29, 1.82) is 0 Å².